The number of hydrogen-bond donors (Lipinski definition) is 0. The van der Waals surface area contributed by atoms with Crippen LogP contribution in [0.5, 0.6) is 0 Å². The quantitative estimate of drug-likeness (QED) is 0.0948. The van der Waals surface area contributed by atoms with E-state index in [-0.39, 0.29) is 0 Å². The third-order valence-corrected chi connectivity index (χ3v) is 7.77. The molecule has 0 saturated heterocycles. The molecule has 0 saturated carbocycles. The van der Waals surface area contributed by atoms with Crippen LogP contribution in [0, 0.1) is 0 Å². The van der Waals surface area contributed by atoms with Gasteiger partial charge < -0.3 is 4.90 Å². The molecule has 0 fully saturated rings. The van der Waals surface area contributed by atoms with Crippen molar-refractivity contribution in [1.82, 2.24) is 4.90 Å². The van der Waals surface area contributed by atoms with Crippen LogP contribution in [-0.4, -0.2) is 24.4 Å². The van der Waals surface area contributed by atoms with Gasteiger partial charge >= 0.3 is 0 Å². The predicted molar refractivity (Wildman–Crippen MR) is 158 cm³/mol. The Balaban J connectivity index is 3.28. The van der Waals surface area contributed by atoms with Gasteiger partial charge in [0, 0.05) is 20.0 Å². The molecule has 1 amide bonds. The third kappa shape index (κ3) is 27.9. The molecule has 0 heterocycles. The molecular formula is C33H67NO. The average Bonchev–Trinajstić information content (AvgIpc) is 2.86. The molecule has 0 atom stereocenters. The van der Waals surface area contributed by atoms with Gasteiger partial charge in [0.1, 0.15) is 0 Å². The van der Waals surface area contributed by atoms with E-state index in [4.69, 9.17) is 0 Å². The Bertz CT molecular complexity index is 408. The molecule has 0 aromatic carbocycles. The number of amides is 1. The van der Waals surface area contributed by atoms with Crippen molar-refractivity contribution in [2.24, 2.45) is 0 Å². The standard InChI is InChI=1S/C33H67NO/c1-4-6-8-10-12-14-16-18-20-22-24-26-28-30-32-34(3)33(35)31-29-27-25-23-21-19-17-15-13-11-9-7-5-2/h4-32H2,1-3H3. The van der Waals surface area contributed by atoms with Crippen molar-refractivity contribution in [2.75, 3.05) is 13.6 Å². The molecule has 2 nitrogen and oxygen atoms in total. The highest BCUT2D eigenvalue weighted by atomic mass is 16.2. The highest BCUT2D eigenvalue weighted by Crippen LogP contribution is 2.15. The fraction of sp³-hybridized carbons (Fsp3) is 0.970. The van der Waals surface area contributed by atoms with E-state index < -0.39 is 0 Å². The summed E-state index contributed by atoms with van der Waals surface area (Å²) in [5.41, 5.74) is 0. The fourth-order valence-electron chi connectivity index (χ4n) is 5.15. The van der Waals surface area contributed by atoms with Crippen molar-refractivity contribution in [3.05, 3.63) is 0 Å². The smallest absolute Gasteiger partial charge is 0.222 e. The summed E-state index contributed by atoms with van der Waals surface area (Å²) in [5.74, 6) is 0.364. The third-order valence-electron chi connectivity index (χ3n) is 7.77. The molecule has 0 bridgehead atoms. The summed E-state index contributed by atoms with van der Waals surface area (Å²) in [6.07, 6.45) is 37.9. The molecule has 35 heavy (non-hydrogen) atoms. The molecule has 0 aliphatic rings. The van der Waals surface area contributed by atoms with Gasteiger partial charge in [-0.25, -0.2) is 0 Å². The Labute approximate surface area is 222 Å². The van der Waals surface area contributed by atoms with E-state index in [9.17, 15) is 4.79 Å². The van der Waals surface area contributed by atoms with Crippen LogP contribution in [0.25, 0.3) is 0 Å². The Kier molecular flexibility index (Phi) is 29.2. The summed E-state index contributed by atoms with van der Waals surface area (Å²) in [6, 6.07) is 0. The highest BCUT2D eigenvalue weighted by molar-refractivity contribution is 5.75. The van der Waals surface area contributed by atoms with Crippen LogP contribution in [0.4, 0.5) is 0 Å². The minimum absolute atomic E-state index is 0.364. The Morgan fingerprint density at radius 1 is 0.400 bits per heavy atom. The molecular weight excluding hydrogens is 426 g/mol. The first-order chi connectivity index (χ1) is 17.2. The van der Waals surface area contributed by atoms with Gasteiger partial charge in [0.15, 0.2) is 0 Å². The normalized spacial score (nSPS) is 11.3. The first-order valence-corrected chi connectivity index (χ1v) is 16.5. The van der Waals surface area contributed by atoms with Crippen LogP contribution in [0.2, 0.25) is 0 Å². The minimum Gasteiger partial charge on any atom is -0.346 e. The molecule has 0 radical (unpaired) electrons. The van der Waals surface area contributed by atoms with Crippen LogP contribution < -0.4 is 0 Å². The fourth-order valence-corrected chi connectivity index (χ4v) is 5.15. The maximum atomic E-state index is 12.3. The summed E-state index contributed by atoms with van der Waals surface area (Å²) in [7, 11) is 2.01. The molecule has 0 aliphatic carbocycles. The molecule has 0 aromatic rings. The maximum absolute atomic E-state index is 12.3. The monoisotopic (exact) mass is 494 g/mol. The Morgan fingerprint density at radius 3 is 0.971 bits per heavy atom. The Morgan fingerprint density at radius 2 is 0.657 bits per heavy atom. The van der Waals surface area contributed by atoms with Crippen molar-refractivity contribution < 1.29 is 4.79 Å². The zero-order valence-electron chi connectivity index (χ0n) is 24.9. The number of nitrogens with zero attached hydrogens (tertiary/aromatic N) is 1. The van der Waals surface area contributed by atoms with Gasteiger partial charge in [-0.05, 0) is 12.8 Å². The van der Waals surface area contributed by atoms with E-state index >= 15 is 0 Å². The van der Waals surface area contributed by atoms with Crippen LogP contribution in [-0.2, 0) is 4.79 Å². The van der Waals surface area contributed by atoms with Crippen molar-refractivity contribution in [2.45, 2.75) is 194 Å². The second kappa shape index (κ2) is 29.7. The largest absolute Gasteiger partial charge is 0.346 e. The van der Waals surface area contributed by atoms with E-state index in [1.54, 1.807) is 0 Å². The SMILES string of the molecule is CCCCCCCCCCCCCCCCN(C)C(=O)CCCCCCCCCCCCCCC. The highest BCUT2D eigenvalue weighted by Gasteiger charge is 2.07. The molecule has 0 aliphatic heterocycles. The van der Waals surface area contributed by atoms with Crippen LogP contribution in [0.3, 0.4) is 0 Å². The lowest BCUT2D eigenvalue weighted by Gasteiger charge is -2.17. The molecule has 0 spiro atoms. The summed E-state index contributed by atoms with van der Waals surface area (Å²) >= 11 is 0. The molecule has 0 aromatic heterocycles. The molecule has 0 N–H and O–H groups in total. The average molecular weight is 494 g/mol. The number of unbranched alkanes of at least 4 members (excludes halogenated alkanes) is 25. The number of hydrogen-bond acceptors (Lipinski definition) is 1. The predicted octanol–water partition coefficient (Wildman–Crippen LogP) is 11.4. The lowest BCUT2D eigenvalue weighted by atomic mass is 10.0. The van der Waals surface area contributed by atoms with Crippen LogP contribution in [0.1, 0.15) is 194 Å². The van der Waals surface area contributed by atoms with Gasteiger partial charge in [-0.1, -0.05) is 174 Å². The van der Waals surface area contributed by atoms with Crippen molar-refractivity contribution in [3.63, 3.8) is 0 Å². The van der Waals surface area contributed by atoms with Gasteiger partial charge in [0.05, 0.1) is 0 Å². The topological polar surface area (TPSA) is 20.3 Å². The van der Waals surface area contributed by atoms with Gasteiger partial charge in [-0.3, -0.25) is 4.79 Å². The van der Waals surface area contributed by atoms with E-state index in [2.05, 4.69) is 13.8 Å². The minimum atomic E-state index is 0.364. The first-order valence-electron chi connectivity index (χ1n) is 16.5. The van der Waals surface area contributed by atoms with Gasteiger partial charge in [-0.2, -0.15) is 0 Å². The number of carbonyl (C=O) groups excluding carboxylic acids is 1. The second-order valence-corrected chi connectivity index (χ2v) is 11.4. The molecule has 0 unspecified atom stereocenters. The molecule has 210 valence electrons. The summed E-state index contributed by atoms with van der Waals surface area (Å²) in [6.45, 7) is 5.53. The van der Waals surface area contributed by atoms with Crippen molar-refractivity contribution >= 4 is 5.91 Å². The van der Waals surface area contributed by atoms with Crippen LogP contribution >= 0.6 is 0 Å². The zero-order valence-corrected chi connectivity index (χ0v) is 24.9. The van der Waals surface area contributed by atoms with Crippen molar-refractivity contribution in [3.8, 4) is 0 Å². The maximum Gasteiger partial charge on any atom is 0.222 e. The number of rotatable bonds is 29. The van der Waals surface area contributed by atoms with E-state index in [0.29, 0.717) is 5.91 Å². The summed E-state index contributed by atoms with van der Waals surface area (Å²) < 4.78 is 0. The van der Waals surface area contributed by atoms with E-state index in [1.807, 2.05) is 11.9 Å². The number of carbonyl (C=O) groups is 1. The van der Waals surface area contributed by atoms with Gasteiger partial charge in [0.2, 0.25) is 5.91 Å². The Hall–Kier alpha value is -0.530. The lowest BCUT2D eigenvalue weighted by Crippen LogP contribution is -2.27. The van der Waals surface area contributed by atoms with Gasteiger partial charge in [-0.15, -0.1) is 0 Å². The molecule has 2 heteroatoms. The van der Waals surface area contributed by atoms with Crippen LogP contribution in [0.15, 0.2) is 0 Å². The van der Waals surface area contributed by atoms with E-state index in [1.165, 1.54) is 167 Å². The van der Waals surface area contributed by atoms with E-state index in [0.717, 1.165) is 19.4 Å². The second-order valence-electron chi connectivity index (χ2n) is 11.4. The van der Waals surface area contributed by atoms with Gasteiger partial charge in [0.25, 0.3) is 0 Å². The van der Waals surface area contributed by atoms with Crippen molar-refractivity contribution in [1.29, 1.82) is 0 Å². The zero-order chi connectivity index (χ0) is 25.7. The molecule has 0 rings (SSSR count). The lowest BCUT2D eigenvalue weighted by molar-refractivity contribution is -0.130. The summed E-state index contributed by atoms with van der Waals surface area (Å²) in [4.78, 5) is 14.3. The first kappa shape index (κ1) is 34.5. The summed E-state index contributed by atoms with van der Waals surface area (Å²) in [5, 5.41) is 0.